The molecule has 0 heterocycles. The van der Waals surface area contributed by atoms with Gasteiger partial charge >= 0.3 is 0 Å². The molecule has 0 aliphatic carbocycles. The van der Waals surface area contributed by atoms with Crippen molar-refractivity contribution in [3.8, 4) is 5.75 Å². The third-order valence-electron chi connectivity index (χ3n) is 3.62. The summed E-state index contributed by atoms with van der Waals surface area (Å²) >= 11 is 6.07. The third-order valence-corrected chi connectivity index (χ3v) is 5.13. The molecule has 0 spiro atoms. The molecular formula is C18H15ClN2O3S. The largest absolute Gasteiger partial charge is 0.497 e. The van der Waals surface area contributed by atoms with E-state index in [2.05, 4.69) is 9.93 Å². The van der Waals surface area contributed by atoms with Crippen LogP contribution in [0.1, 0.15) is 5.56 Å². The standard InChI is InChI=1S/C18H15ClN2O3S/c1-24-16-9-6-14(7-10-16)18(19)20-21-25(22,23)17-11-8-13-4-2-3-5-15(13)12-17/h2-12,21H,1H3/b20-18-. The van der Waals surface area contributed by atoms with Crippen LogP contribution in [-0.4, -0.2) is 20.7 Å². The Hall–Kier alpha value is -2.57. The fourth-order valence-electron chi connectivity index (χ4n) is 2.28. The normalized spacial score (nSPS) is 12.2. The zero-order valence-electron chi connectivity index (χ0n) is 13.3. The Kier molecular flexibility index (Phi) is 4.92. The van der Waals surface area contributed by atoms with E-state index in [1.54, 1.807) is 43.5 Å². The third kappa shape index (κ3) is 3.92. The molecule has 128 valence electrons. The predicted octanol–water partition coefficient (Wildman–Crippen LogP) is 3.73. The molecule has 0 bridgehead atoms. The molecule has 5 nitrogen and oxygen atoms in total. The van der Waals surface area contributed by atoms with Gasteiger partial charge in [-0.2, -0.15) is 18.4 Å². The summed E-state index contributed by atoms with van der Waals surface area (Å²) in [6, 6.07) is 19.2. The number of hydrogen-bond acceptors (Lipinski definition) is 4. The average molecular weight is 375 g/mol. The van der Waals surface area contributed by atoms with Crippen LogP contribution < -0.4 is 9.57 Å². The Balaban J connectivity index is 1.83. The number of nitrogens with zero attached hydrogens (tertiary/aromatic N) is 1. The van der Waals surface area contributed by atoms with Crippen molar-refractivity contribution in [1.82, 2.24) is 4.83 Å². The lowest BCUT2D eigenvalue weighted by atomic mass is 10.1. The molecular weight excluding hydrogens is 360 g/mol. The van der Waals surface area contributed by atoms with Gasteiger partial charge in [-0.15, -0.1) is 0 Å². The van der Waals surface area contributed by atoms with Crippen molar-refractivity contribution in [3.63, 3.8) is 0 Å². The number of sulfonamides is 1. The predicted molar refractivity (Wildman–Crippen MR) is 99.7 cm³/mol. The molecule has 3 aromatic rings. The molecule has 25 heavy (non-hydrogen) atoms. The van der Waals surface area contributed by atoms with Crippen LogP contribution in [0.5, 0.6) is 5.75 Å². The number of ether oxygens (including phenoxy) is 1. The molecule has 3 rings (SSSR count). The van der Waals surface area contributed by atoms with E-state index in [0.717, 1.165) is 10.8 Å². The SMILES string of the molecule is COc1ccc(/C(Cl)=N/NS(=O)(=O)c2ccc3ccccc3c2)cc1. The van der Waals surface area contributed by atoms with Crippen molar-refractivity contribution in [3.05, 3.63) is 72.3 Å². The molecule has 0 atom stereocenters. The fraction of sp³-hybridized carbons (Fsp3) is 0.0556. The van der Waals surface area contributed by atoms with E-state index >= 15 is 0 Å². The van der Waals surface area contributed by atoms with E-state index in [4.69, 9.17) is 16.3 Å². The second kappa shape index (κ2) is 7.13. The van der Waals surface area contributed by atoms with Gasteiger partial charge in [-0.05, 0) is 47.2 Å². The van der Waals surface area contributed by atoms with Crippen molar-refractivity contribution in [1.29, 1.82) is 0 Å². The Morgan fingerprint density at radius 1 is 1.00 bits per heavy atom. The van der Waals surface area contributed by atoms with Gasteiger partial charge in [0.15, 0.2) is 5.17 Å². The summed E-state index contributed by atoms with van der Waals surface area (Å²) in [6.07, 6.45) is 0. The Morgan fingerprint density at radius 3 is 2.36 bits per heavy atom. The highest BCUT2D eigenvalue weighted by atomic mass is 35.5. The first-order valence-corrected chi connectivity index (χ1v) is 9.24. The Labute approximate surface area is 150 Å². The van der Waals surface area contributed by atoms with Crippen molar-refractivity contribution in [2.75, 3.05) is 7.11 Å². The number of methoxy groups -OCH3 is 1. The summed E-state index contributed by atoms with van der Waals surface area (Å²) in [4.78, 5) is 2.28. The molecule has 0 fully saturated rings. The number of nitrogens with one attached hydrogen (secondary N) is 1. The smallest absolute Gasteiger partial charge is 0.276 e. The summed E-state index contributed by atoms with van der Waals surface area (Å²) < 4.78 is 29.9. The minimum atomic E-state index is -3.81. The summed E-state index contributed by atoms with van der Waals surface area (Å²) in [7, 11) is -2.26. The average Bonchev–Trinajstić information content (AvgIpc) is 2.66. The van der Waals surface area contributed by atoms with E-state index in [-0.39, 0.29) is 10.1 Å². The van der Waals surface area contributed by atoms with Gasteiger partial charge in [-0.25, -0.2) is 0 Å². The molecule has 0 unspecified atom stereocenters. The number of halogens is 1. The molecule has 7 heteroatoms. The zero-order chi connectivity index (χ0) is 17.9. The summed E-state index contributed by atoms with van der Waals surface area (Å²) in [5.41, 5.74) is 0.573. The van der Waals surface area contributed by atoms with E-state index in [9.17, 15) is 8.42 Å². The number of hydrazone groups is 1. The molecule has 3 aromatic carbocycles. The van der Waals surface area contributed by atoms with Crippen LogP contribution in [0.25, 0.3) is 10.8 Å². The monoisotopic (exact) mass is 374 g/mol. The zero-order valence-corrected chi connectivity index (χ0v) is 14.9. The molecule has 0 aromatic heterocycles. The highest BCUT2D eigenvalue weighted by molar-refractivity contribution is 7.89. The number of fused-ring (bicyclic) bond motifs is 1. The first kappa shape index (κ1) is 17.3. The number of hydrogen-bond donors (Lipinski definition) is 1. The van der Waals surface area contributed by atoms with Gasteiger partial charge in [-0.3, -0.25) is 0 Å². The van der Waals surface area contributed by atoms with Gasteiger partial charge in [0.2, 0.25) is 0 Å². The van der Waals surface area contributed by atoms with Crippen LogP contribution >= 0.6 is 11.6 Å². The lowest BCUT2D eigenvalue weighted by molar-refractivity contribution is 0.415. The van der Waals surface area contributed by atoms with Crippen LogP contribution in [0.2, 0.25) is 0 Å². The van der Waals surface area contributed by atoms with Crippen molar-refractivity contribution < 1.29 is 13.2 Å². The lowest BCUT2D eigenvalue weighted by Gasteiger charge is -2.06. The molecule has 0 aliphatic heterocycles. The van der Waals surface area contributed by atoms with Gasteiger partial charge in [0.25, 0.3) is 10.0 Å². The first-order valence-electron chi connectivity index (χ1n) is 7.38. The maximum Gasteiger partial charge on any atom is 0.276 e. The van der Waals surface area contributed by atoms with Crippen LogP contribution in [0.4, 0.5) is 0 Å². The van der Waals surface area contributed by atoms with Crippen LogP contribution in [0, 0.1) is 0 Å². The minimum absolute atomic E-state index is 0.0343. The molecule has 0 aliphatic rings. The van der Waals surface area contributed by atoms with E-state index < -0.39 is 10.0 Å². The molecule has 0 saturated carbocycles. The highest BCUT2D eigenvalue weighted by Gasteiger charge is 2.14. The van der Waals surface area contributed by atoms with Crippen molar-refractivity contribution in [2.45, 2.75) is 4.90 Å². The van der Waals surface area contributed by atoms with Crippen LogP contribution in [0.3, 0.4) is 0 Å². The Morgan fingerprint density at radius 2 is 1.68 bits per heavy atom. The van der Waals surface area contributed by atoms with Crippen molar-refractivity contribution >= 4 is 37.6 Å². The maximum absolute atomic E-state index is 12.4. The van der Waals surface area contributed by atoms with Gasteiger partial charge in [0, 0.05) is 5.56 Å². The molecule has 1 N–H and O–H groups in total. The minimum Gasteiger partial charge on any atom is -0.497 e. The van der Waals surface area contributed by atoms with E-state index in [0.29, 0.717) is 11.3 Å². The second-order valence-corrected chi connectivity index (χ2v) is 7.25. The second-order valence-electron chi connectivity index (χ2n) is 5.23. The van der Waals surface area contributed by atoms with Gasteiger partial charge < -0.3 is 4.74 Å². The van der Waals surface area contributed by atoms with Gasteiger partial charge in [0.05, 0.1) is 12.0 Å². The Bertz CT molecular complexity index is 1030. The number of rotatable bonds is 5. The molecule has 0 radical (unpaired) electrons. The summed E-state index contributed by atoms with van der Waals surface area (Å²) in [6.45, 7) is 0. The van der Waals surface area contributed by atoms with Gasteiger partial charge in [0.1, 0.15) is 5.75 Å². The summed E-state index contributed by atoms with van der Waals surface area (Å²) in [5, 5.41) is 5.60. The summed E-state index contributed by atoms with van der Waals surface area (Å²) in [5.74, 6) is 0.671. The van der Waals surface area contributed by atoms with Crippen LogP contribution in [-0.2, 0) is 10.0 Å². The molecule has 0 saturated heterocycles. The maximum atomic E-state index is 12.4. The topological polar surface area (TPSA) is 67.8 Å². The van der Waals surface area contributed by atoms with E-state index in [1.165, 1.54) is 6.07 Å². The fourth-order valence-corrected chi connectivity index (χ4v) is 3.35. The van der Waals surface area contributed by atoms with Gasteiger partial charge in [-0.1, -0.05) is 41.9 Å². The molecule has 0 amide bonds. The number of benzene rings is 3. The lowest BCUT2D eigenvalue weighted by Crippen LogP contribution is -2.19. The van der Waals surface area contributed by atoms with Crippen molar-refractivity contribution in [2.24, 2.45) is 5.10 Å². The van der Waals surface area contributed by atoms with E-state index in [1.807, 2.05) is 24.3 Å². The van der Waals surface area contributed by atoms with Crippen LogP contribution in [0.15, 0.2) is 76.7 Å². The first-order chi connectivity index (χ1) is 12.0. The quantitative estimate of drug-likeness (QED) is 0.546. The highest BCUT2D eigenvalue weighted by Crippen LogP contribution is 2.19.